The van der Waals surface area contributed by atoms with E-state index in [0.717, 1.165) is 32.4 Å². The third-order valence-electron chi connectivity index (χ3n) is 18.2. The summed E-state index contributed by atoms with van der Waals surface area (Å²) in [5.74, 6) is -13.7. The summed E-state index contributed by atoms with van der Waals surface area (Å²) in [4.78, 5) is 209. The summed E-state index contributed by atoms with van der Waals surface area (Å²) in [7, 11) is 2.12. The number of amides is 12. The fourth-order valence-corrected chi connectivity index (χ4v) is 14.9. The maximum Gasteiger partial charge on any atom is 0.326 e. The number of aliphatic carboxylic acids is 2. The standard InChI is InChI=1S/C69H91N19O16S2/c70-23-6-5-14-45(61(96)86-51(68(103)104)32-55(71)89)82-65(100)53-16-8-25-87(53)67(102)54-17-9-26-88(54)66(101)52-36-106-105-27-22-56(90)79-47(20-21-58(92)93)62(97)85-50(31-42-34-74-37-78-42)64(99)83-48(29-38-18-19-39-10-1-2-11-40(39)28-38)63(98)81-46(15-7-24-75-69(72)73)60(95)84-49(59(94)77-35-57(91)80-52)30-41-33-76-44-13-4-3-12-43(41)44/h1-4,10-13,18-19,28,33-34,37,45-54,76H,5-9,14-17,20-27,29-32,35-36,70H2,(H2,71,89)(H,74,78)(H,77,94)(H,79,90)(H,80,91)(H,81,98)(H,82,100)(H,83,99)(H,84,95)(H,85,97)(H,86,96)(H,92,93)(H,103,104)(H4,72,73,75)/t45-,46-,47-,48?,49?,50?,51-,52-,53-,54-/m0/s1. The second kappa shape index (κ2) is 39.9. The van der Waals surface area contributed by atoms with E-state index in [4.69, 9.17) is 22.6 Å². The van der Waals surface area contributed by atoms with Crippen LogP contribution in [0.2, 0.25) is 0 Å². The van der Waals surface area contributed by atoms with Crippen molar-refractivity contribution >= 4 is 132 Å². The van der Waals surface area contributed by atoms with Crippen molar-refractivity contribution in [2.75, 3.05) is 44.2 Å². The smallest absolute Gasteiger partial charge is 0.326 e. The van der Waals surface area contributed by atoms with Gasteiger partial charge in [0.1, 0.15) is 60.4 Å². The average molecular weight is 1510 g/mol. The Labute approximate surface area is 616 Å². The van der Waals surface area contributed by atoms with Crippen LogP contribution in [0, 0.1) is 5.41 Å². The highest BCUT2D eigenvalue weighted by molar-refractivity contribution is 8.76. The normalized spacial score (nSPS) is 21.9. The quantitative estimate of drug-likeness (QED) is 0.0124. The molecule has 570 valence electrons. The Balaban J connectivity index is 1.09. The van der Waals surface area contributed by atoms with Crippen molar-refractivity contribution in [2.45, 2.75) is 163 Å². The van der Waals surface area contributed by atoms with Crippen molar-refractivity contribution in [3.63, 3.8) is 0 Å². The monoisotopic (exact) mass is 1510 g/mol. The molecule has 0 spiro atoms. The third-order valence-corrected chi connectivity index (χ3v) is 20.6. The number of aromatic amines is 2. The van der Waals surface area contributed by atoms with Gasteiger partial charge in [0.2, 0.25) is 70.9 Å². The van der Waals surface area contributed by atoms with Gasteiger partial charge in [-0.1, -0.05) is 82.3 Å². The highest BCUT2D eigenvalue weighted by Crippen LogP contribution is 2.29. The summed E-state index contributed by atoms with van der Waals surface area (Å²) in [6.45, 7) is -0.426. The van der Waals surface area contributed by atoms with Crippen molar-refractivity contribution in [1.29, 1.82) is 5.41 Å². The minimum atomic E-state index is -1.70. The second-order valence-corrected chi connectivity index (χ2v) is 28.6. The van der Waals surface area contributed by atoms with Gasteiger partial charge in [0.05, 0.1) is 25.0 Å². The number of H-pyrrole nitrogens is 2. The molecule has 5 aromatic rings. The number of carboxylic acid groups (broad SMARTS) is 2. The molecule has 0 radical (unpaired) electrons. The number of aromatic nitrogens is 3. The first-order valence-corrected chi connectivity index (χ1v) is 37.4. The number of fused-ring (bicyclic) bond motifs is 2. The van der Waals surface area contributed by atoms with Crippen LogP contribution in [0.3, 0.4) is 0 Å². The van der Waals surface area contributed by atoms with Crippen LogP contribution in [-0.4, -0.2) is 228 Å². The van der Waals surface area contributed by atoms with E-state index in [9.17, 15) is 63.0 Å². The number of imidazole rings is 1. The summed E-state index contributed by atoms with van der Waals surface area (Å²) in [5, 5.41) is 56.0. The average Bonchev–Trinajstić information content (AvgIpc) is 1.62. The Kier molecular flexibility index (Phi) is 30.4. The number of nitrogens with one attached hydrogen (secondary N) is 13. The van der Waals surface area contributed by atoms with E-state index >= 15 is 14.4 Å². The van der Waals surface area contributed by atoms with Crippen molar-refractivity contribution in [3.05, 3.63) is 102 Å². The molecule has 21 N–H and O–H groups in total. The molecule has 12 amide bonds. The van der Waals surface area contributed by atoms with Gasteiger partial charge in [-0.3, -0.25) is 67.7 Å². The zero-order chi connectivity index (χ0) is 76.4. The van der Waals surface area contributed by atoms with Gasteiger partial charge in [0.25, 0.3) is 0 Å². The van der Waals surface area contributed by atoms with E-state index in [0.29, 0.717) is 47.7 Å². The number of carbonyl (C=O) groups excluding carboxylic acids is 12. The van der Waals surface area contributed by atoms with Gasteiger partial charge in [0.15, 0.2) is 5.96 Å². The molecule has 0 saturated carbocycles. The summed E-state index contributed by atoms with van der Waals surface area (Å²) in [6, 6.07) is 5.56. The van der Waals surface area contributed by atoms with Crippen LogP contribution in [0.4, 0.5) is 0 Å². The molecule has 3 aliphatic rings. The Hall–Kier alpha value is -10.8. The van der Waals surface area contributed by atoms with E-state index in [1.54, 1.807) is 36.5 Å². The molecule has 3 saturated heterocycles. The number of para-hydroxylation sites is 1. The Morgan fingerprint density at radius 2 is 1.31 bits per heavy atom. The maximum atomic E-state index is 15.1. The first-order valence-electron chi connectivity index (χ1n) is 34.9. The molecule has 0 aliphatic carbocycles. The number of carbonyl (C=O) groups is 14. The molecule has 8 rings (SSSR count). The van der Waals surface area contributed by atoms with Gasteiger partial charge < -0.3 is 100 Å². The number of benzene rings is 3. The minimum absolute atomic E-state index is 0.00548. The lowest BCUT2D eigenvalue weighted by Gasteiger charge is -2.33. The first-order chi connectivity index (χ1) is 50.8. The third kappa shape index (κ3) is 23.9. The lowest BCUT2D eigenvalue weighted by atomic mass is 9.99. The van der Waals surface area contributed by atoms with E-state index < -0.39 is 169 Å². The Bertz CT molecular complexity index is 4010. The molecule has 0 bridgehead atoms. The second-order valence-electron chi connectivity index (χ2n) is 26.0. The maximum absolute atomic E-state index is 15.1. The predicted molar refractivity (Wildman–Crippen MR) is 390 cm³/mol. The van der Waals surface area contributed by atoms with Gasteiger partial charge in [-0.25, -0.2) is 9.78 Å². The lowest BCUT2D eigenvalue weighted by molar-refractivity contribution is -0.148. The molecule has 2 aromatic heterocycles. The zero-order valence-corrected chi connectivity index (χ0v) is 59.8. The van der Waals surface area contributed by atoms with Crippen LogP contribution in [0.25, 0.3) is 21.7 Å². The van der Waals surface area contributed by atoms with E-state index in [1.807, 2.05) is 36.4 Å². The largest absolute Gasteiger partial charge is 0.481 e. The number of guanidine groups is 1. The van der Waals surface area contributed by atoms with Crippen LogP contribution in [0.1, 0.15) is 100 Å². The van der Waals surface area contributed by atoms with E-state index in [2.05, 4.69) is 68.1 Å². The summed E-state index contributed by atoms with van der Waals surface area (Å²) >= 11 is 0. The fraction of sp³-hybridized carbons (Fsp3) is 0.478. The van der Waals surface area contributed by atoms with Crippen molar-refractivity contribution in [1.82, 2.24) is 77.9 Å². The number of hydrogen-bond acceptors (Lipinski definition) is 19. The van der Waals surface area contributed by atoms with Crippen LogP contribution in [-0.2, 0) is 86.4 Å². The number of unbranched alkanes of at least 4 members (excludes halogenated alkanes) is 1. The number of likely N-dealkylation sites (tertiary alicyclic amines) is 2. The Morgan fingerprint density at radius 1 is 0.660 bits per heavy atom. The van der Waals surface area contributed by atoms with Gasteiger partial charge >= 0.3 is 11.9 Å². The summed E-state index contributed by atoms with van der Waals surface area (Å²) in [5.41, 5.74) is 18.6. The van der Waals surface area contributed by atoms with Crippen LogP contribution < -0.4 is 70.4 Å². The highest BCUT2D eigenvalue weighted by atomic mass is 33.1. The number of nitrogens with two attached hydrogens (primary N) is 3. The van der Waals surface area contributed by atoms with E-state index in [1.165, 1.54) is 22.3 Å². The van der Waals surface area contributed by atoms with Crippen LogP contribution in [0.5, 0.6) is 0 Å². The molecule has 37 heteroatoms. The fourth-order valence-electron chi connectivity index (χ4n) is 12.8. The Morgan fingerprint density at radius 3 is 1.99 bits per heavy atom. The SMILES string of the molecule is N=C(N)NCCC[C@@H]1NC(=O)C(Cc2ccc3ccccc3c2)NC(=O)C(Cc2c[nH]cn2)NC(=O)[C@H](CCC(=O)O)NC(=O)CCSSC[C@@H](C(=O)N2CCC[C@H]2C(=O)N2CCC[C@H]2C(=O)N[C@@H](CCCCN)C(=O)N[C@@H](CC(N)=O)C(=O)O)NC(=O)CNC(=O)C(Cc2c[nH]c3ccccc23)NC1=O. The molecule has 106 heavy (non-hydrogen) atoms. The molecular weight excluding hydrogens is 1420 g/mol. The predicted octanol–water partition coefficient (Wildman–Crippen LogP) is -1.95. The van der Waals surface area contributed by atoms with Crippen molar-refractivity contribution in [2.24, 2.45) is 17.2 Å². The summed E-state index contributed by atoms with van der Waals surface area (Å²) < 4.78 is 0. The van der Waals surface area contributed by atoms with Gasteiger partial charge in [-0.15, -0.1) is 0 Å². The lowest BCUT2D eigenvalue weighted by Crippen LogP contribution is -2.60. The van der Waals surface area contributed by atoms with Crippen molar-refractivity contribution < 1.29 is 77.3 Å². The van der Waals surface area contributed by atoms with E-state index in [-0.39, 0.29) is 107 Å². The topological polar surface area (TPSA) is 553 Å². The molecule has 3 unspecified atom stereocenters. The molecular formula is C69H91N19O16S2. The molecule has 35 nitrogen and oxygen atoms in total. The first kappa shape index (κ1) is 80.9. The zero-order valence-electron chi connectivity index (χ0n) is 58.1. The molecule has 10 atom stereocenters. The molecule has 5 heterocycles. The van der Waals surface area contributed by atoms with Crippen LogP contribution >= 0.6 is 21.6 Å². The van der Waals surface area contributed by atoms with Gasteiger partial charge in [-0.05, 0) is 98.7 Å². The molecule has 3 aromatic carbocycles. The van der Waals surface area contributed by atoms with Crippen LogP contribution in [0.15, 0.2) is 85.5 Å². The van der Waals surface area contributed by atoms with Gasteiger partial charge in [0, 0.05) is 86.5 Å². The number of carboxylic acids is 2. The summed E-state index contributed by atoms with van der Waals surface area (Å²) in [6.07, 6.45) is 3.33. The number of rotatable bonds is 26. The molecule has 3 aliphatic heterocycles. The van der Waals surface area contributed by atoms with Gasteiger partial charge in [-0.2, -0.15) is 0 Å². The van der Waals surface area contributed by atoms with Crippen molar-refractivity contribution in [3.8, 4) is 0 Å². The number of nitrogens with zero attached hydrogens (tertiary/aromatic N) is 3. The number of primary amides is 1. The number of hydrogen-bond donors (Lipinski definition) is 18. The highest BCUT2D eigenvalue weighted by Gasteiger charge is 2.45. The molecule has 3 fully saturated rings. The minimum Gasteiger partial charge on any atom is -0.481 e.